The number of hydrogen-bond acceptors (Lipinski definition) is 8. The van der Waals surface area contributed by atoms with Crippen LogP contribution in [0.2, 0.25) is 5.02 Å². The summed E-state index contributed by atoms with van der Waals surface area (Å²) >= 11 is 6.71. The molecule has 0 spiro atoms. The van der Waals surface area contributed by atoms with E-state index in [1.165, 1.54) is 19.2 Å². The van der Waals surface area contributed by atoms with Crippen molar-refractivity contribution in [3.63, 3.8) is 0 Å². The summed E-state index contributed by atoms with van der Waals surface area (Å²) in [4.78, 5) is 15.1. The maximum atomic E-state index is 14.3. The van der Waals surface area contributed by atoms with Crippen molar-refractivity contribution < 1.29 is 37.3 Å². The van der Waals surface area contributed by atoms with Gasteiger partial charge in [-0.15, -0.1) is 0 Å². The van der Waals surface area contributed by atoms with Crippen LogP contribution in [0.15, 0.2) is 85.2 Å². The molecule has 5 rings (SSSR count). The Morgan fingerprint density at radius 1 is 0.893 bits per heavy atom. The van der Waals surface area contributed by atoms with E-state index in [-0.39, 0.29) is 32.1 Å². The molecular weight excluding hydrogens is 745 g/mol. The Morgan fingerprint density at radius 2 is 1.61 bits per heavy atom. The van der Waals surface area contributed by atoms with Gasteiger partial charge in [0.1, 0.15) is 49.2 Å². The summed E-state index contributed by atoms with van der Waals surface area (Å²) in [6.07, 6.45) is -1.55. The first-order valence-electron chi connectivity index (χ1n) is 17.9. The number of benzene rings is 4. The van der Waals surface area contributed by atoms with Gasteiger partial charge in [-0.05, 0) is 90.5 Å². The lowest BCUT2D eigenvalue weighted by molar-refractivity contribution is -0.139. The van der Waals surface area contributed by atoms with Gasteiger partial charge in [-0.3, -0.25) is 9.78 Å². The van der Waals surface area contributed by atoms with Crippen molar-refractivity contribution in [3.05, 3.63) is 129 Å². The Morgan fingerprint density at radius 3 is 2.32 bits per heavy atom. The van der Waals surface area contributed by atoms with E-state index in [0.717, 1.165) is 51.6 Å². The molecule has 1 atom stereocenters. The summed E-state index contributed by atoms with van der Waals surface area (Å²) in [5.74, 6) is -0.410. The molecule has 292 valence electrons. The van der Waals surface area contributed by atoms with Gasteiger partial charge in [0.15, 0.2) is 0 Å². The van der Waals surface area contributed by atoms with Crippen LogP contribution < -0.4 is 24.8 Å². The number of nitrogens with zero attached hydrogens (tertiary/aromatic N) is 2. The number of pyridine rings is 1. The fourth-order valence-corrected chi connectivity index (χ4v) is 6.34. The van der Waals surface area contributed by atoms with Gasteiger partial charge >= 0.3 is 12.1 Å². The highest BCUT2D eigenvalue weighted by Gasteiger charge is 2.35. The standard InChI is InChI=1S/C43H42ClF3N4O5/c1-5-49-23-33-18-38(44)41(19-40(33)55-24-30-16-29(20-48)21-50-22-30)56-25-32-8-6-10-35(26(32)2)36-11-7-9-34(27(36)3)31-12-13-39(37(17-31)43(45,46)47)54-15-14-51-28(4)42(52)53/h6-13,16-19,21-22,28,49,51H,5,14-15,23-25H2,1-4H3,(H,52,53)/t28-/m0/s1. The lowest BCUT2D eigenvalue weighted by Gasteiger charge is -2.19. The topological polar surface area (TPSA) is 126 Å². The predicted molar refractivity (Wildman–Crippen MR) is 209 cm³/mol. The second kappa shape index (κ2) is 18.8. The number of rotatable bonds is 17. The maximum Gasteiger partial charge on any atom is 0.419 e. The lowest BCUT2D eigenvalue weighted by Crippen LogP contribution is -2.36. The predicted octanol–water partition coefficient (Wildman–Crippen LogP) is 9.29. The van der Waals surface area contributed by atoms with Gasteiger partial charge in [-0.2, -0.15) is 18.4 Å². The number of nitriles is 1. The summed E-state index contributed by atoms with van der Waals surface area (Å²) < 4.78 is 60.7. The number of halogens is 4. The van der Waals surface area contributed by atoms with E-state index in [2.05, 4.69) is 21.7 Å². The summed E-state index contributed by atoms with van der Waals surface area (Å²) in [6, 6.07) is 21.8. The Labute approximate surface area is 329 Å². The second-order valence-electron chi connectivity index (χ2n) is 13.1. The maximum absolute atomic E-state index is 14.3. The summed E-state index contributed by atoms with van der Waals surface area (Å²) in [5, 5.41) is 24.7. The van der Waals surface area contributed by atoms with Crippen LogP contribution in [-0.2, 0) is 30.7 Å². The van der Waals surface area contributed by atoms with Crippen molar-refractivity contribution in [1.29, 1.82) is 5.26 Å². The quantitative estimate of drug-likeness (QED) is 0.0791. The van der Waals surface area contributed by atoms with Crippen molar-refractivity contribution in [2.24, 2.45) is 0 Å². The van der Waals surface area contributed by atoms with Crippen LogP contribution in [0.1, 0.15) is 52.8 Å². The smallest absolute Gasteiger partial charge is 0.419 e. The van der Waals surface area contributed by atoms with Gasteiger partial charge < -0.3 is 30.0 Å². The average Bonchev–Trinajstić information content (AvgIpc) is 3.18. The molecule has 0 amide bonds. The van der Waals surface area contributed by atoms with E-state index in [1.54, 1.807) is 36.5 Å². The first-order chi connectivity index (χ1) is 26.8. The van der Waals surface area contributed by atoms with Crippen LogP contribution in [0.5, 0.6) is 17.2 Å². The van der Waals surface area contributed by atoms with Gasteiger partial charge in [-0.25, -0.2) is 0 Å². The number of hydrogen-bond donors (Lipinski definition) is 3. The van der Waals surface area contributed by atoms with Crippen molar-refractivity contribution in [2.45, 2.75) is 59.7 Å². The zero-order valence-corrected chi connectivity index (χ0v) is 32.1. The van der Waals surface area contributed by atoms with Gasteiger partial charge in [-0.1, -0.05) is 61.0 Å². The molecule has 0 aliphatic rings. The number of nitrogens with one attached hydrogen (secondary N) is 2. The van der Waals surface area contributed by atoms with E-state index in [1.807, 2.05) is 51.1 Å². The highest BCUT2D eigenvalue weighted by molar-refractivity contribution is 6.32. The monoisotopic (exact) mass is 786 g/mol. The molecular formula is C43H42ClF3N4O5. The van der Waals surface area contributed by atoms with E-state index >= 15 is 0 Å². The van der Waals surface area contributed by atoms with E-state index in [4.69, 9.17) is 30.9 Å². The van der Waals surface area contributed by atoms with Crippen LogP contribution in [0, 0.1) is 25.2 Å². The largest absolute Gasteiger partial charge is 0.492 e. The molecule has 4 aromatic carbocycles. The van der Waals surface area contributed by atoms with Gasteiger partial charge in [0.2, 0.25) is 0 Å². The summed E-state index contributed by atoms with van der Waals surface area (Å²) in [5.41, 5.74) is 6.45. The first-order valence-corrected chi connectivity index (χ1v) is 18.3. The first kappa shape index (κ1) is 41.6. The SMILES string of the molecule is CCNCc1cc(Cl)c(OCc2cccc(-c3cccc(-c4ccc(OCCN[C@@H](C)C(=O)O)c(C(F)(F)F)c4)c3C)c2C)cc1OCc1cncc(C#N)c1. The molecule has 56 heavy (non-hydrogen) atoms. The van der Waals surface area contributed by atoms with Gasteiger partial charge in [0.25, 0.3) is 0 Å². The Bertz CT molecular complexity index is 2220. The molecule has 0 saturated heterocycles. The van der Waals surface area contributed by atoms with Crippen LogP contribution in [0.4, 0.5) is 13.2 Å². The molecule has 1 heterocycles. The molecule has 1 aromatic heterocycles. The van der Waals surface area contributed by atoms with Crippen LogP contribution in [0.25, 0.3) is 22.3 Å². The van der Waals surface area contributed by atoms with E-state index < -0.39 is 23.8 Å². The highest BCUT2D eigenvalue weighted by Crippen LogP contribution is 2.41. The number of aromatic nitrogens is 1. The lowest BCUT2D eigenvalue weighted by atomic mass is 9.89. The molecule has 9 nitrogen and oxygen atoms in total. The number of carboxylic acid groups (broad SMARTS) is 1. The molecule has 0 saturated carbocycles. The molecule has 3 N–H and O–H groups in total. The molecule has 0 aliphatic carbocycles. The zero-order valence-electron chi connectivity index (χ0n) is 31.4. The summed E-state index contributed by atoms with van der Waals surface area (Å²) in [6.45, 7) is 8.83. The highest BCUT2D eigenvalue weighted by atomic mass is 35.5. The third-order valence-corrected chi connectivity index (χ3v) is 9.52. The molecule has 5 aromatic rings. The van der Waals surface area contributed by atoms with Crippen molar-refractivity contribution in [3.8, 4) is 45.6 Å². The van der Waals surface area contributed by atoms with Crippen molar-refractivity contribution in [1.82, 2.24) is 15.6 Å². The molecule has 0 aliphatic heterocycles. The van der Waals surface area contributed by atoms with Crippen LogP contribution in [0.3, 0.4) is 0 Å². The van der Waals surface area contributed by atoms with Crippen LogP contribution in [-0.4, -0.2) is 41.8 Å². The average molecular weight is 787 g/mol. The zero-order chi connectivity index (χ0) is 40.4. The number of carboxylic acids is 1. The fourth-order valence-electron chi connectivity index (χ4n) is 6.10. The van der Waals surface area contributed by atoms with Gasteiger partial charge in [0, 0.05) is 42.7 Å². The fraction of sp³-hybridized carbons (Fsp3) is 0.279. The molecule has 0 fully saturated rings. The van der Waals surface area contributed by atoms with E-state index in [0.29, 0.717) is 39.8 Å². The van der Waals surface area contributed by atoms with Crippen molar-refractivity contribution in [2.75, 3.05) is 19.7 Å². The summed E-state index contributed by atoms with van der Waals surface area (Å²) in [7, 11) is 0. The molecule has 13 heteroatoms. The third-order valence-electron chi connectivity index (χ3n) is 9.23. The number of alkyl halides is 3. The normalized spacial score (nSPS) is 11.8. The molecule has 0 bridgehead atoms. The Kier molecular flexibility index (Phi) is 14.0. The van der Waals surface area contributed by atoms with E-state index in [9.17, 15) is 23.2 Å². The second-order valence-corrected chi connectivity index (χ2v) is 13.5. The Balaban J connectivity index is 1.37. The third kappa shape index (κ3) is 10.4. The van der Waals surface area contributed by atoms with Crippen molar-refractivity contribution >= 4 is 17.6 Å². The van der Waals surface area contributed by atoms with Gasteiger partial charge in [0.05, 0.1) is 16.1 Å². The number of aliphatic carboxylic acids is 1. The Hall–Kier alpha value is -5.61. The van der Waals surface area contributed by atoms with Crippen LogP contribution >= 0.6 is 11.6 Å². The minimum absolute atomic E-state index is 0.0567. The minimum atomic E-state index is -4.69. The number of ether oxygens (including phenoxy) is 3. The molecule has 0 radical (unpaired) electrons. The minimum Gasteiger partial charge on any atom is -0.492 e. The number of carbonyl (C=O) groups is 1. The molecule has 0 unspecified atom stereocenters.